The number of benzene rings is 2. The number of rotatable bonds is 3. The molecule has 1 atom stereocenters. The van der Waals surface area contributed by atoms with Gasteiger partial charge in [0.1, 0.15) is 17.4 Å². The van der Waals surface area contributed by atoms with Crippen LogP contribution in [0.25, 0.3) is 0 Å². The first kappa shape index (κ1) is 12.8. The molecule has 0 radical (unpaired) electrons. The molecule has 0 saturated carbocycles. The van der Waals surface area contributed by atoms with E-state index in [0.717, 1.165) is 6.07 Å². The van der Waals surface area contributed by atoms with Gasteiger partial charge >= 0.3 is 0 Å². The van der Waals surface area contributed by atoms with E-state index in [1.165, 1.54) is 12.1 Å². The molecule has 0 aliphatic heterocycles. The van der Waals surface area contributed by atoms with E-state index >= 15 is 0 Å². The molecule has 0 bridgehead atoms. The predicted molar refractivity (Wildman–Crippen MR) is 67.0 cm³/mol. The minimum atomic E-state index is -0.680. The average Bonchev–Trinajstić information content (AvgIpc) is 2.38. The summed E-state index contributed by atoms with van der Waals surface area (Å²) in [7, 11) is 1.54. The van der Waals surface area contributed by atoms with Gasteiger partial charge in [0.25, 0.3) is 0 Å². The zero-order valence-electron chi connectivity index (χ0n) is 9.66. The number of alkyl halides is 1. The summed E-state index contributed by atoms with van der Waals surface area (Å²) in [6.45, 7) is 0. The molecule has 0 N–H and O–H groups in total. The predicted octanol–water partition coefficient (Wildman–Crippen LogP) is 4.30. The largest absolute Gasteiger partial charge is 0.497 e. The van der Waals surface area contributed by atoms with Crippen molar-refractivity contribution < 1.29 is 13.5 Å². The number of ether oxygens (including phenoxy) is 1. The Morgan fingerprint density at radius 3 is 2.56 bits per heavy atom. The van der Waals surface area contributed by atoms with Crippen molar-refractivity contribution in [3.05, 3.63) is 65.2 Å². The van der Waals surface area contributed by atoms with Gasteiger partial charge in [0.2, 0.25) is 0 Å². The minimum absolute atomic E-state index is 0.242. The van der Waals surface area contributed by atoms with Crippen molar-refractivity contribution in [3.63, 3.8) is 0 Å². The van der Waals surface area contributed by atoms with E-state index in [4.69, 9.17) is 16.3 Å². The zero-order chi connectivity index (χ0) is 13.1. The maximum absolute atomic E-state index is 13.6. The maximum Gasteiger partial charge on any atom is 0.131 e. The van der Waals surface area contributed by atoms with Crippen molar-refractivity contribution in [2.24, 2.45) is 0 Å². The first-order valence-electron chi connectivity index (χ1n) is 5.35. The summed E-state index contributed by atoms with van der Waals surface area (Å²) in [6.07, 6.45) is 0. The molecule has 0 heterocycles. The lowest BCUT2D eigenvalue weighted by atomic mass is 10.0. The van der Waals surface area contributed by atoms with Crippen LogP contribution in [0, 0.1) is 11.6 Å². The van der Waals surface area contributed by atoms with E-state index in [2.05, 4.69) is 0 Å². The lowest BCUT2D eigenvalue weighted by Gasteiger charge is -2.12. The van der Waals surface area contributed by atoms with Crippen molar-refractivity contribution in [3.8, 4) is 5.75 Å². The van der Waals surface area contributed by atoms with E-state index < -0.39 is 17.0 Å². The molecule has 2 aromatic rings. The Morgan fingerprint density at radius 1 is 1.11 bits per heavy atom. The van der Waals surface area contributed by atoms with Crippen molar-refractivity contribution in [1.82, 2.24) is 0 Å². The molecule has 0 amide bonds. The monoisotopic (exact) mass is 268 g/mol. The summed E-state index contributed by atoms with van der Waals surface area (Å²) < 4.78 is 31.5. The second-order valence-corrected chi connectivity index (χ2v) is 4.24. The van der Waals surface area contributed by atoms with E-state index in [0.29, 0.717) is 11.3 Å². The van der Waals surface area contributed by atoms with Gasteiger partial charge in [-0.15, -0.1) is 11.6 Å². The van der Waals surface area contributed by atoms with Crippen LogP contribution in [0.4, 0.5) is 8.78 Å². The Bertz CT molecular complexity index is 557. The Hall–Kier alpha value is -1.61. The molecule has 1 unspecified atom stereocenters. The Kier molecular flexibility index (Phi) is 3.82. The Labute approximate surface area is 109 Å². The van der Waals surface area contributed by atoms with Gasteiger partial charge in [-0.25, -0.2) is 8.78 Å². The van der Waals surface area contributed by atoms with Crippen molar-refractivity contribution in [2.45, 2.75) is 5.38 Å². The highest BCUT2D eigenvalue weighted by atomic mass is 35.5. The number of halogens is 3. The average molecular weight is 269 g/mol. The van der Waals surface area contributed by atoms with Gasteiger partial charge in [-0.05, 0) is 23.8 Å². The fourth-order valence-corrected chi connectivity index (χ4v) is 2.00. The lowest BCUT2D eigenvalue weighted by Crippen LogP contribution is -1.98. The Balaban J connectivity index is 2.37. The first-order valence-corrected chi connectivity index (χ1v) is 5.78. The second-order valence-electron chi connectivity index (χ2n) is 3.81. The third-order valence-electron chi connectivity index (χ3n) is 2.62. The zero-order valence-corrected chi connectivity index (χ0v) is 10.4. The smallest absolute Gasteiger partial charge is 0.131 e. The highest BCUT2D eigenvalue weighted by molar-refractivity contribution is 6.22. The molecule has 2 aromatic carbocycles. The first-order chi connectivity index (χ1) is 8.61. The van der Waals surface area contributed by atoms with E-state index in [-0.39, 0.29) is 5.56 Å². The van der Waals surface area contributed by atoms with E-state index in [1.807, 2.05) is 0 Å². The second kappa shape index (κ2) is 5.36. The number of hydrogen-bond acceptors (Lipinski definition) is 1. The molecule has 0 spiro atoms. The van der Waals surface area contributed by atoms with Gasteiger partial charge in [-0.3, -0.25) is 0 Å². The molecule has 0 fully saturated rings. The lowest BCUT2D eigenvalue weighted by molar-refractivity contribution is 0.414. The van der Waals surface area contributed by atoms with Gasteiger partial charge in [-0.2, -0.15) is 0 Å². The van der Waals surface area contributed by atoms with Crippen LogP contribution in [0.5, 0.6) is 5.75 Å². The quantitative estimate of drug-likeness (QED) is 0.754. The summed E-state index contributed by atoms with van der Waals surface area (Å²) >= 11 is 6.20. The molecule has 2 rings (SSSR count). The van der Waals surface area contributed by atoms with Crippen LogP contribution in [0.2, 0.25) is 0 Å². The van der Waals surface area contributed by atoms with Crippen LogP contribution in [0.1, 0.15) is 16.5 Å². The van der Waals surface area contributed by atoms with E-state index in [9.17, 15) is 8.78 Å². The summed E-state index contributed by atoms with van der Waals surface area (Å²) in [5, 5.41) is -0.680. The van der Waals surface area contributed by atoms with Crippen molar-refractivity contribution in [2.75, 3.05) is 7.11 Å². The van der Waals surface area contributed by atoms with Crippen molar-refractivity contribution >= 4 is 11.6 Å². The summed E-state index contributed by atoms with van der Waals surface area (Å²) in [4.78, 5) is 0. The fraction of sp³-hybridized carbons (Fsp3) is 0.143. The van der Waals surface area contributed by atoms with Crippen LogP contribution in [-0.2, 0) is 0 Å². The number of hydrogen-bond donors (Lipinski definition) is 0. The van der Waals surface area contributed by atoms with Gasteiger partial charge in [-0.1, -0.05) is 18.2 Å². The van der Waals surface area contributed by atoms with Crippen LogP contribution >= 0.6 is 11.6 Å². The molecule has 4 heteroatoms. The van der Waals surface area contributed by atoms with Gasteiger partial charge in [0.15, 0.2) is 0 Å². The van der Waals surface area contributed by atoms with Gasteiger partial charge < -0.3 is 4.74 Å². The molecular weight excluding hydrogens is 258 g/mol. The van der Waals surface area contributed by atoms with Crippen LogP contribution in [0.3, 0.4) is 0 Å². The molecule has 0 aliphatic rings. The topological polar surface area (TPSA) is 9.23 Å². The third-order valence-corrected chi connectivity index (χ3v) is 3.11. The molecule has 0 aromatic heterocycles. The standard InChI is InChI=1S/C14H11ClF2O/c1-18-11-4-2-3-9(7-11)14(15)12-6-5-10(16)8-13(12)17/h2-8,14H,1H3. The highest BCUT2D eigenvalue weighted by Crippen LogP contribution is 2.32. The number of methoxy groups -OCH3 is 1. The van der Waals surface area contributed by atoms with Crippen LogP contribution < -0.4 is 4.74 Å². The molecule has 0 saturated heterocycles. The Morgan fingerprint density at radius 2 is 1.89 bits per heavy atom. The van der Waals surface area contributed by atoms with E-state index in [1.54, 1.807) is 31.4 Å². The SMILES string of the molecule is COc1cccc(C(Cl)c2ccc(F)cc2F)c1. The fourth-order valence-electron chi connectivity index (χ4n) is 1.69. The molecule has 1 nitrogen and oxygen atoms in total. The van der Waals surface area contributed by atoms with Crippen LogP contribution in [-0.4, -0.2) is 7.11 Å². The molecule has 0 aliphatic carbocycles. The summed E-state index contributed by atoms with van der Waals surface area (Å²) in [5.41, 5.74) is 0.938. The van der Waals surface area contributed by atoms with Gasteiger partial charge in [0, 0.05) is 11.6 Å². The third kappa shape index (κ3) is 2.62. The van der Waals surface area contributed by atoms with Gasteiger partial charge in [0.05, 0.1) is 12.5 Å². The van der Waals surface area contributed by atoms with Crippen LogP contribution in [0.15, 0.2) is 42.5 Å². The maximum atomic E-state index is 13.6. The van der Waals surface area contributed by atoms with Crippen molar-refractivity contribution in [1.29, 1.82) is 0 Å². The normalized spacial score (nSPS) is 12.2. The minimum Gasteiger partial charge on any atom is -0.497 e. The highest BCUT2D eigenvalue weighted by Gasteiger charge is 2.16. The molecular formula is C14H11ClF2O. The summed E-state index contributed by atoms with van der Waals surface area (Å²) in [5.74, 6) is -0.635. The molecule has 18 heavy (non-hydrogen) atoms. The molecule has 94 valence electrons. The summed E-state index contributed by atoms with van der Waals surface area (Å²) in [6, 6.07) is 10.4.